The lowest BCUT2D eigenvalue weighted by atomic mass is 10.2. The van der Waals surface area contributed by atoms with Crippen molar-refractivity contribution in [1.82, 2.24) is 16.0 Å². The molecule has 0 heterocycles. The quantitative estimate of drug-likeness (QED) is 0.355. The Morgan fingerprint density at radius 1 is 0.792 bits per heavy atom. The molecule has 0 aliphatic rings. The molecule has 0 spiro atoms. The summed E-state index contributed by atoms with van der Waals surface area (Å²) in [4.78, 5) is 11.3. The first kappa shape index (κ1) is 25.5. The molecule has 0 fully saturated rings. The van der Waals surface area contributed by atoms with E-state index in [1.54, 1.807) is 0 Å². The van der Waals surface area contributed by atoms with E-state index in [4.69, 9.17) is 14.2 Å². The van der Waals surface area contributed by atoms with E-state index in [-0.39, 0.29) is 11.8 Å². The third-order valence-electron chi connectivity index (χ3n) is 2.78. The molecule has 0 saturated carbocycles. The third kappa shape index (κ3) is 21.3. The molecule has 0 aliphatic carbocycles. The van der Waals surface area contributed by atoms with Crippen molar-refractivity contribution < 1.29 is 19.0 Å². The molecule has 1 amide bonds. The zero-order chi connectivity index (χ0) is 18.5. The smallest absolute Gasteiger partial charge is 0.222 e. The Kier molecular flexibility index (Phi) is 23.7. The summed E-state index contributed by atoms with van der Waals surface area (Å²) in [6, 6.07) is 0. The molecular weight excluding hydrogens is 310 g/mol. The van der Waals surface area contributed by atoms with Gasteiger partial charge in [0.25, 0.3) is 0 Å². The summed E-state index contributed by atoms with van der Waals surface area (Å²) in [5, 5.41) is 9.04. The Balaban J connectivity index is 0. The van der Waals surface area contributed by atoms with Gasteiger partial charge in [0.15, 0.2) is 0 Å². The number of carbonyl (C=O) groups excluding carboxylic acids is 1. The molecule has 0 saturated heterocycles. The van der Waals surface area contributed by atoms with Crippen molar-refractivity contribution in [1.29, 1.82) is 0 Å². The van der Waals surface area contributed by atoms with E-state index in [1.165, 1.54) is 0 Å². The topological polar surface area (TPSA) is 80.8 Å². The number of hydrogen-bond donors (Lipinski definition) is 3. The van der Waals surface area contributed by atoms with E-state index in [0.717, 1.165) is 19.6 Å². The fraction of sp³-hybridized carbons (Fsp3) is 0.941. The van der Waals surface area contributed by atoms with Gasteiger partial charge >= 0.3 is 0 Å². The molecule has 24 heavy (non-hydrogen) atoms. The summed E-state index contributed by atoms with van der Waals surface area (Å²) in [7, 11) is 1.90. The van der Waals surface area contributed by atoms with E-state index >= 15 is 0 Å². The standard InChI is InChI=1S/C15H33N3O4.C2H6/c1-14(2)15(19)18-7-11-20-9-5-17-6-10-22-13-12-21-8-4-16-3;1-2/h14,16-17H,4-13H2,1-3H3,(H,18,19);1-2H3. The second-order valence-corrected chi connectivity index (χ2v) is 5.14. The predicted molar refractivity (Wildman–Crippen MR) is 98.4 cm³/mol. The summed E-state index contributed by atoms with van der Waals surface area (Å²) < 4.78 is 16.1. The molecule has 0 aromatic carbocycles. The van der Waals surface area contributed by atoms with Crippen LogP contribution in [-0.2, 0) is 19.0 Å². The van der Waals surface area contributed by atoms with Crippen molar-refractivity contribution in [2.24, 2.45) is 5.92 Å². The van der Waals surface area contributed by atoms with Gasteiger partial charge in [0.2, 0.25) is 5.91 Å². The Bertz CT molecular complexity index is 254. The van der Waals surface area contributed by atoms with Crippen molar-refractivity contribution in [2.45, 2.75) is 27.7 Å². The van der Waals surface area contributed by atoms with Crippen molar-refractivity contribution in [3.8, 4) is 0 Å². The van der Waals surface area contributed by atoms with Gasteiger partial charge in [-0.1, -0.05) is 27.7 Å². The number of carbonyl (C=O) groups is 1. The fourth-order valence-electron chi connectivity index (χ4n) is 1.46. The Hall–Kier alpha value is -0.730. The van der Waals surface area contributed by atoms with Crippen LogP contribution < -0.4 is 16.0 Å². The fourth-order valence-corrected chi connectivity index (χ4v) is 1.46. The van der Waals surface area contributed by atoms with Crippen LogP contribution in [0.25, 0.3) is 0 Å². The van der Waals surface area contributed by atoms with E-state index in [2.05, 4.69) is 16.0 Å². The van der Waals surface area contributed by atoms with Crippen LogP contribution in [0.15, 0.2) is 0 Å². The van der Waals surface area contributed by atoms with E-state index in [1.807, 2.05) is 34.7 Å². The van der Waals surface area contributed by atoms with Gasteiger partial charge in [-0.3, -0.25) is 4.79 Å². The minimum absolute atomic E-state index is 0.0235. The zero-order valence-corrected chi connectivity index (χ0v) is 16.3. The molecule has 0 rings (SSSR count). The van der Waals surface area contributed by atoms with Gasteiger partial charge in [-0.2, -0.15) is 0 Å². The highest BCUT2D eigenvalue weighted by atomic mass is 16.5. The third-order valence-corrected chi connectivity index (χ3v) is 2.78. The minimum Gasteiger partial charge on any atom is -0.378 e. The van der Waals surface area contributed by atoms with Gasteiger partial charge in [0.1, 0.15) is 0 Å². The molecule has 0 aromatic heterocycles. The second-order valence-electron chi connectivity index (χ2n) is 5.14. The zero-order valence-electron chi connectivity index (χ0n) is 16.3. The number of ether oxygens (including phenoxy) is 3. The molecule has 146 valence electrons. The average molecular weight is 350 g/mol. The van der Waals surface area contributed by atoms with Gasteiger partial charge in [-0.05, 0) is 7.05 Å². The lowest BCUT2D eigenvalue weighted by Gasteiger charge is -2.09. The van der Waals surface area contributed by atoms with Crippen LogP contribution in [0, 0.1) is 5.92 Å². The van der Waals surface area contributed by atoms with Crippen LogP contribution >= 0.6 is 0 Å². The molecule has 0 aliphatic heterocycles. The predicted octanol–water partition coefficient (Wildman–Crippen LogP) is 0.644. The summed E-state index contributed by atoms with van der Waals surface area (Å²) >= 11 is 0. The number of nitrogens with one attached hydrogen (secondary N) is 3. The van der Waals surface area contributed by atoms with Gasteiger partial charge in [-0.15, -0.1) is 0 Å². The SMILES string of the molecule is CC.CNCCOCCOCCNCCOCCNC(=O)C(C)C. The summed E-state index contributed by atoms with van der Waals surface area (Å²) in [5.74, 6) is 0.0872. The summed E-state index contributed by atoms with van der Waals surface area (Å²) in [5.41, 5.74) is 0. The van der Waals surface area contributed by atoms with Gasteiger partial charge in [0.05, 0.1) is 39.6 Å². The number of amides is 1. The monoisotopic (exact) mass is 349 g/mol. The Morgan fingerprint density at radius 2 is 1.25 bits per heavy atom. The normalized spacial score (nSPS) is 10.4. The molecule has 0 unspecified atom stereocenters. The lowest BCUT2D eigenvalue weighted by molar-refractivity contribution is -0.124. The van der Waals surface area contributed by atoms with Crippen molar-refractivity contribution in [3.63, 3.8) is 0 Å². The maximum absolute atomic E-state index is 11.3. The first-order chi connectivity index (χ1) is 11.7. The van der Waals surface area contributed by atoms with Crippen LogP contribution in [0.5, 0.6) is 0 Å². The van der Waals surface area contributed by atoms with Crippen molar-refractivity contribution >= 4 is 5.91 Å². The van der Waals surface area contributed by atoms with Crippen LogP contribution in [0.3, 0.4) is 0 Å². The van der Waals surface area contributed by atoms with Crippen LogP contribution in [0.2, 0.25) is 0 Å². The summed E-state index contributed by atoms with van der Waals surface area (Å²) in [6.45, 7) is 14.6. The van der Waals surface area contributed by atoms with E-state index in [9.17, 15) is 4.79 Å². The highest BCUT2D eigenvalue weighted by Gasteiger charge is 2.04. The molecule has 3 N–H and O–H groups in total. The largest absolute Gasteiger partial charge is 0.378 e. The highest BCUT2D eigenvalue weighted by Crippen LogP contribution is 1.89. The lowest BCUT2D eigenvalue weighted by Crippen LogP contribution is -2.31. The van der Waals surface area contributed by atoms with E-state index in [0.29, 0.717) is 46.2 Å². The first-order valence-electron chi connectivity index (χ1n) is 9.04. The molecule has 0 bridgehead atoms. The first-order valence-corrected chi connectivity index (χ1v) is 9.04. The molecule has 0 aromatic rings. The van der Waals surface area contributed by atoms with Crippen LogP contribution in [0.1, 0.15) is 27.7 Å². The highest BCUT2D eigenvalue weighted by molar-refractivity contribution is 5.77. The maximum atomic E-state index is 11.3. The molecule has 0 atom stereocenters. The maximum Gasteiger partial charge on any atom is 0.222 e. The van der Waals surface area contributed by atoms with Gasteiger partial charge in [0, 0.05) is 32.1 Å². The minimum atomic E-state index is 0.0235. The number of rotatable bonds is 16. The van der Waals surface area contributed by atoms with Crippen molar-refractivity contribution in [3.05, 3.63) is 0 Å². The van der Waals surface area contributed by atoms with Crippen molar-refractivity contribution in [2.75, 3.05) is 72.9 Å². The average Bonchev–Trinajstić information content (AvgIpc) is 2.59. The molecule has 0 radical (unpaired) electrons. The number of likely N-dealkylation sites (N-methyl/N-ethyl adjacent to an activating group) is 1. The second kappa shape index (κ2) is 22.3. The Labute approximate surface area is 148 Å². The van der Waals surface area contributed by atoms with Crippen LogP contribution in [0.4, 0.5) is 0 Å². The molecular formula is C17H39N3O4. The van der Waals surface area contributed by atoms with Crippen LogP contribution in [-0.4, -0.2) is 78.8 Å². The molecule has 7 nitrogen and oxygen atoms in total. The molecule has 7 heteroatoms. The Morgan fingerprint density at radius 3 is 1.75 bits per heavy atom. The van der Waals surface area contributed by atoms with Gasteiger partial charge < -0.3 is 30.2 Å². The van der Waals surface area contributed by atoms with Gasteiger partial charge in [-0.25, -0.2) is 0 Å². The number of hydrogen-bond acceptors (Lipinski definition) is 6. The van der Waals surface area contributed by atoms with E-state index < -0.39 is 0 Å². The summed E-state index contributed by atoms with van der Waals surface area (Å²) in [6.07, 6.45) is 0.